The molecule has 0 heterocycles. The molecule has 0 amide bonds. The van der Waals surface area contributed by atoms with Gasteiger partial charge in [0.2, 0.25) is 0 Å². The number of Topliss-reactive ketones (excluding diaryl/α,β-unsaturated/α-hetero) is 2. The fourth-order valence-corrected chi connectivity index (χ4v) is 6.64. The van der Waals surface area contributed by atoms with E-state index in [0.717, 1.165) is 36.6 Å². The molecule has 22 heavy (non-hydrogen) atoms. The van der Waals surface area contributed by atoms with Gasteiger partial charge in [0.1, 0.15) is 5.78 Å². The number of hydrogen-bond donors (Lipinski definition) is 0. The topological polar surface area (TPSA) is 34.1 Å². The second-order valence-electron chi connectivity index (χ2n) is 8.14. The third-order valence-electron chi connectivity index (χ3n) is 7.31. The zero-order chi connectivity index (χ0) is 15.7. The number of fused-ring (bicyclic) bond motifs is 5. The van der Waals surface area contributed by atoms with E-state index in [1.54, 1.807) is 0 Å². The van der Waals surface area contributed by atoms with Crippen molar-refractivity contribution in [2.75, 3.05) is 0 Å². The molecule has 0 aromatic heterocycles. The minimum absolute atomic E-state index is 0.0925. The third-order valence-corrected chi connectivity index (χ3v) is 8.18. The number of carbonyl (C=O) groups is 2. The summed E-state index contributed by atoms with van der Waals surface area (Å²) in [5.74, 6) is 2.32. The maximum Gasteiger partial charge on any atom is 0.170 e. The minimum Gasteiger partial charge on any atom is -0.299 e. The molecule has 4 rings (SSSR count). The molecule has 4 aliphatic carbocycles. The van der Waals surface area contributed by atoms with Gasteiger partial charge < -0.3 is 0 Å². The van der Waals surface area contributed by atoms with Gasteiger partial charge in [0.25, 0.3) is 0 Å². The van der Waals surface area contributed by atoms with Gasteiger partial charge >= 0.3 is 0 Å². The molecular formula is C19H23BrO2. The largest absolute Gasteiger partial charge is 0.299 e. The summed E-state index contributed by atoms with van der Waals surface area (Å²) in [4.78, 5) is 24.4. The van der Waals surface area contributed by atoms with Gasteiger partial charge in [-0.25, -0.2) is 0 Å². The van der Waals surface area contributed by atoms with E-state index in [2.05, 4.69) is 41.9 Å². The quantitative estimate of drug-likeness (QED) is 0.631. The predicted molar refractivity (Wildman–Crippen MR) is 89.5 cm³/mol. The van der Waals surface area contributed by atoms with Crippen molar-refractivity contribution in [2.24, 2.45) is 28.6 Å². The van der Waals surface area contributed by atoms with Crippen molar-refractivity contribution < 1.29 is 9.59 Å². The predicted octanol–water partition coefficient (Wildman–Crippen LogP) is 4.59. The van der Waals surface area contributed by atoms with E-state index in [1.807, 2.05) is 0 Å². The third kappa shape index (κ3) is 1.72. The van der Waals surface area contributed by atoms with Crippen LogP contribution in [0.25, 0.3) is 0 Å². The molecule has 0 bridgehead atoms. The normalized spacial score (nSPS) is 47.3. The maximum atomic E-state index is 12.4. The van der Waals surface area contributed by atoms with Crippen LogP contribution in [-0.4, -0.2) is 11.6 Å². The van der Waals surface area contributed by atoms with Crippen LogP contribution in [0.4, 0.5) is 0 Å². The zero-order valence-electron chi connectivity index (χ0n) is 13.3. The van der Waals surface area contributed by atoms with Crippen LogP contribution in [0.2, 0.25) is 0 Å². The van der Waals surface area contributed by atoms with E-state index >= 15 is 0 Å². The standard InChI is InChI=1S/C19H23BrO2/c1-18-10-8-15(21)17(20)14(18)4-3-11-12-5-6-16(22)19(12,2)9-7-13(11)18/h3-4,11-13H,5-10H2,1-2H3/t11-,12-,13-,18+,19-/m0/s1. The molecule has 5 atom stereocenters. The van der Waals surface area contributed by atoms with Crippen LogP contribution in [0.15, 0.2) is 22.2 Å². The van der Waals surface area contributed by atoms with E-state index in [9.17, 15) is 9.59 Å². The van der Waals surface area contributed by atoms with Crippen molar-refractivity contribution in [1.82, 2.24) is 0 Å². The fourth-order valence-electron chi connectivity index (χ4n) is 5.85. The first-order chi connectivity index (χ1) is 10.4. The maximum absolute atomic E-state index is 12.4. The minimum atomic E-state index is -0.0925. The van der Waals surface area contributed by atoms with Crippen molar-refractivity contribution in [3.63, 3.8) is 0 Å². The highest BCUT2D eigenvalue weighted by molar-refractivity contribution is 9.12. The first-order valence-electron chi connectivity index (χ1n) is 8.53. The highest BCUT2D eigenvalue weighted by Crippen LogP contribution is 2.63. The van der Waals surface area contributed by atoms with Gasteiger partial charge in [0, 0.05) is 18.3 Å². The summed E-state index contributed by atoms with van der Waals surface area (Å²) in [5, 5.41) is 0. The lowest BCUT2D eigenvalue weighted by molar-refractivity contribution is -0.130. The van der Waals surface area contributed by atoms with Crippen LogP contribution in [-0.2, 0) is 9.59 Å². The zero-order valence-corrected chi connectivity index (χ0v) is 14.9. The molecule has 0 unspecified atom stereocenters. The van der Waals surface area contributed by atoms with E-state index in [4.69, 9.17) is 0 Å². The Hall–Kier alpha value is -0.700. The van der Waals surface area contributed by atoms with Gasteiger partial charge in [-0.1, -0.05) is 26.0 Å². The number of allylic oxidation sites excluding steroid dienone is 4. The lowest BCUT2D eigenvalue weighted by atomic mass is 9.49. The summed E-state index contributed by atoms with van der Waals surface area (Å²) in [7, 11) is 0. The molecule has 4 aliphatic rings. The fraction of sp³-hybridized carbons (Fsp3) is 0.684. The monoisotopic (exact) mass is 362 g/mol. The van der Waals surface area contributed by atoms with Crippen LogP contribution in [0.1, 0.15) is 52.4 Å². The van der Waals surface area contributed by atoms with Crippen LogP contribution < -0.4 is 0 Å². The second-order valence-corrected chi connectivity index (χ2v) is 8.93. The van der Waals surface area contributed by atoms with E-state index < -0.39 is 0 Å². The van der Waals surface area contributed by atoms with Crippen molar-refractivity contribution in [3.8, 4) is 0 Å². The Morgan fingerprint density at radius 1 is 1.05 bits per heavy atom. The molecule has 0 aromatic carbocycles. The molecule has 0 N–H and O–H groups in total. The second kappa shape index (κ2) is 4.66. The number of carbonyl (C=O) groups excluding carboxylic acids is 2. The van der Waals surface area contributed by atoms with Gasteiger partial charge in [-0.2, -0.15) is 0 Å². The van der Waals surface area contributed by atoms with E-state index in [1.165, 1.54) is 5.57 Å². The van der Waals surface area contributed by atoms with Gasteiger partial charge in [-0.05, 0) is 70.4 Å². The molecule has 0 spiro atoms. The van der Waals surface area contributed by atoms with Crippen LogP contribution in [0.3, 0.4) is 0 Å². The number of hydrogen-bond acceptors (Lipinski definition) is 2. The summed E-state index contributed by atoms with van der Waals surface area (Å²) in [6.07, 6.45) is 10.1. The molecule has 0 aliphatic heterocycles. The highest BCUT2D eigenvalue weighted by Gasteiger charge is 2.58. The number of halogens is 1. The molecule has 2 saturated carbocycles. The Labute approximate surface area is 140 Å². The van der Waals surface area contributed by atoms with Crippen molar-refractivity contribution in [1.29, 1.82) is 0 Å². The van der Waals surface area contributed by atoms with Crippen molar-refractivity contribution >= 4 is 27.5 Å². The molecule has 2 fully saturated rings. The van der Waals surface area contributed by atoms with Crippen LogP contribution in [0, 0.1) is 28.6 Å². The average Bonchev–Trinajstić information content (AvgIpc) is 2.79. The Morgan fingerprint density at radius 2 is 1.77 bits per heavy atom. The molecule has 3 heteroatoms. The summed E-state index contributed by atoms with van der Waals surface area (Å²) < 4.78 is 0.798. The summed E-state index contributed by atoms with van der Waals surface area (Å²) >= 11 is 3.55. The summed E-state index contributed by atoms with van der Waals surface area (Å²) in [5.41, 5.74) is 1.21. The molecular weight excluding hydrogens is 340 g/mol. The number of rotatable bonds is 0. The summed E-state index contributed by atoms with van der Waals surface area (Å²) in [6, 6.07) is 0. The van der Waals surface area contributed by atoms with Crippen LogP contribution >= 0.6 is 15.9 Å². The lowest BCUT2D eigenvalue weighted by Crippen LogP contribution is -2.49. The molecule has 2 nitrogen and oxygen atoms in total. The molecule has 0 radical (unpaired) electrons. The summed E-state index contributed by atoms with van der Waals surface area (Å²) in [6.45, 7) is 4.54. The Kier molecular flexibility index (Phi) is 3.15. The lowest BCUT2D eigenvalue weighted by Gasteiger charge is -2.54. The molecule has 0 saturated heterocycles. The Bertz CT molecular complexity index is 631. The average molecular weight is 363 g/mol. The SMILES string of the molecule is C[C@]12CCC(=O)C(Br)=C1C=C[C@@H]1[C@@H]2CC[C@]2(C)C(=O)CC[C@@H]12. The molecule has 0 aromatic rings. The Morgan fingerprint density at radius 3 is 2.55 bits per heavy atom. The first kappa shape index (κ1) is 14.9. The van der Waals surface area contributed by atoms with Gasteiger partial charge in [0.05, 0.1) is 4.48 Å². The number of ketones is 2. The van der Waals surface area contributed by atoms with Gasteiger partial charge in [0.15, 0.2) is 5.78 Å². The highest BCUT2D eigenvalue weighted by atomic mass is 79.9. The van der Waals surface area contributed by atoms with E-state index in [0.29, 0.717) is 30.0 Å². The first-order valence-corrected chi connectivity index (χ1v) is 9.32. The van der Waals surface area contributed by atoms with Crippen molar-refractivity contribution in [3.05, 3.63) is 22.2 Å². The molecule has 118 valence electrons. The smallest absolute Gasteiger partial charge is 0.170 e. The Balaban J connectivity index is 1.80. The van der Waals surface area contributed by atoms with Crippen molar-refractivity contribution in [2.45, 2.75) is 52.4 Å². The van der Waals surface area contributed by atoms with Gasteiger partial charge in [-0.15, -0.1) is 0 Å². The van der Waals surface area contributed by atoms with E-state index in [-0.39, 0.29) is 16.6 Å². The van der Waals surface area contributed by atoms with Crippen LogP contribution in [0.5, 0.6) is 0 Å². The van der Waals surface area contributed by atoms with Gasteiger partial charge in [-0.3, -0.25) is 9.59 Å².